The summed E-state index contributed by atoms with van der Waals surface area (Å²) in [6.07, 6.45) is 0. The van der Waals surface area contributed by atoms with E-state index in [0.29, 0.717) is 17.5 Å². The Bertz CT molecular complexity index is 4420. The summed E-state index contributed by atoms with van der Waals surface area (Å²) in [4.78, 5) is 15.7. The van der Waals surface area contributed by atoms with E-state index in [-0.39, 0.29) is 0 Å². The van der Waals surface area contributed by atoms with Crippen molar-refractivity contribution in [3.05, 3.63) is 97.1 Å². The van der Waals surface area contributed by atoms with Crippen molar-refractivity contribution in [2.24, 2.45) is 0 Å². The lowest BCUT2D eigenvalue weighted by Gasteiger charge is -2.27. The molecule has 0 saturated heterocycles. The highest BCUT2D eigenvalue weighted by atomic mass is 16.3. The van der Waals surface area contributed by atoms with Gasteiger partial charge in [0.25, 0.3) is 0 Å². The largest absolute Gasteiger partial charge is 0.456 e. The molecule has 0 amide bonds. The van der Waals surface area contributed by atoms with E-state index in [1.165, 1.54) is 142 Å². The summed E-state index contributed by atoms with van der Waals surface area (Å²) >= 11 is 0. The molecule has 9 aromatic carbocycles. The molecule has 12 aromatic rings. The van der Waals surface area contributed by atoms with Gasteiger partial charge in [-0.05, 0) is 50.9 Å². The van der Waals surface area contributed by atoms with Crippen molar-refractivity contribution in [3.8, 4) is 51.0 Å². The van der Waals surface area contributed by atoms with Gasteiger partial charge in [0.15, 0.2) is 17.5 Å². The van der Waals surface area contributed by atoms with Crippen molar-refractivity contribution in [1.82, 2.24) is 19.5 Å². The number of rotatable bonds is 5. The van der Waals surface area contributed by atoms with Crippen molar-refractivity contribution in [2.75, 3.05) is 0 Å². The van der Waals surface area contributed by atoms with Crippen LogP contribution in [0.4, 0.5) is 0 Å². The van der Waals surface area contributed by atoms with E-state index >= 15 is 0 Å². The molecular weight excluding hydrogens is 882 g/mol. The van der Waals surface area contributed by atoms with E-state index in [9.17, 15) is 0 Å². The van der Waals surface area contributed by atoms with Crippen LogP contribution in [0.15, 0.2) is 101 Å². The van der Waals surface area contributed by atoms with Crippen molar-refractivity contribution >= 4 is 278 Å². The molecule has 0 aliphatic carbocycles. The third-order valence-corrected chi connectivity index (χ3v) is 18.2. The molecule has 12 rings (SSSR count). The molecule has 0 spiro atoms. The van der Waals surface area contributed by atoms with Gasteiger partial charge in [0.05, 0.1) is 5.52 Å². The second-order valence-corrected chi connectivity index (χ2v) is 21.5. The van der Waals surface area contributed by atoms with Gasteiger partial charge >= 0.3 is 0 Å². The van der Waals surface area contributed by atoms with E-state index in [2.05, 4.69) is 185 Å². The van der Waals surface area contributed by atoms with Crippen LogP contribution in [-0.2, 0) is 0 Å². The van der Waals surface area contributed by atoms with E-state index in [4.69, 9.17) is 19.4 Å². The highest BCUT2D eigenvalue weighted by Crippen LogP contribution is 2.41. The Balaban J connectivity index is 1.22. The molecule has 3 heterocycles. The van der Waals surface area contributed by atoms with Gasteiger partial charge in [-0.25, -0.2) is 15.0 Å². The molecular formula is C53H48B16N4O. The Morgan fingerprint density at radius 1 is 0.311 bits per heavy atom. The maximum atomic E-state index is 6.84. The molecule has 0 radical (unpaired) electrons. The smallest absolute Gasteiger partial charge is 0.164 e. The van der Waals surface area contributed by atoms with Crippen molar-refractivity contribution in [2.45, 2.75) is 0 Å². The summed E-state index contributed by atoms with van der Waals surface area (Å²) in [5, 5.41) is 10.3. The molecule has 5 nitrogen and oxygen atoms in total. The molecule has 0 bridgehead atoms. The van der Waals surface area contributed by atoms with E-state index in [0.717, 1.165) is 44.2 Å². The molecule has 0 aliphatic rings. The van der Waals surface area contributed by atoms with E-state index in [1.54, 1.807) is 0 Å². The molecule has 0 atom stereocenters. The Hall–Kier alpha value is -6.85. The maximum absolute atomic E-state index is 6.84. The van der Waals surface area contributed by atoms with Gasteiger partial charge < -0.3 is 8.98 Å². The molecule has 0 unspecified atom stereocenters. The maximum Gasteiger partial charge on any atom is 0.164 e. The van der Waals surface area contributed by atoms with Crippen LogP contribution in [0, 0.1) is 0 Å². The van der Waals surface area contributed by atoms with Crippen LogP contribution in [0.3, 0.4) is 0 Å². The van der Waals surface area contributed by atoms with Crippen molar-refractivity contribution in [3.63, 3.8) is 0 Å². The normalized spacial score (nSPS) is 11.8. The van der Waals surface area contributed by atoms with Crippen molar-refractivity contribution < 1.29 is 4.42 Å². The first-order valence-electron chi connectivity index (χ1n) is 26.2. The third-order valence-electron chi connectivity index (χ3n) is 18.2. The van der Waals surface area contributed by atoms with Gasteiger partial charge in [0.2, 0.25) is 0 Å². The summed E-state index contributed by atoms with van der Waals surface area (Å²) < 4.78 is 9.58. The SMILES string of the molecule is Bc1c(B)c(-n2c3c(B)c(B)c(B)c(B)c3c3c4c(B)c(B)c(B)c(B)c4c4c(B)c(B)c(B)c(B)c4c32)c(B)c(B)c1-c1cc(-c2nc(-c3ccccc3)nc(-c3ccccc3)n2)c2c(c1)oc1ccccc12. The summed E-state index contributed by atoms with van der Waals surface area (Å²) in [7, 11) is 37.5. The molecule has 0 saturated carbocycles. The monoisotopic (exact) mass is 933 g/mol. The second-order valence-electron chi connectivity index (χ2n) is 21.5. The van der Waals surface area contributed by atoms with E-state index in [1.807, 2.05) is 42.5 Å². The topological polar surface area (TPSA) is 56.7 Å². The number of benzene rings is 9. The van der Waals surface area contributed by atoms with Gasteiger partial charge in [0, 0.05) is 49.4 Å². The minimum Gasteiger partial charge on any atom is -0.456 e. The zero-order valence-electron chi connectivity index (χ0n) is 45.9. The Kier molecular flexibility index (Phi) is 11.3. The number of aromatic nitrogens is 4. The number of para-hydroxylation sites is 1. The third kappa shape index (κ3) is 6.69. The fourth-order valence-corrected chi connectivity index (χ4v) is 12.9. The standard InChI is InChI=1S/C53H48B16N4O/c54-32-24(19-15-21(25-20-13-7-8-14-22(20)74-23(25)16-19)53-71-51(17-9-3-1-4-10-17)70-52(72-53)18-11-5-2-6-12-18)33(55)46(68)50(45(32)67)73-48-29(31-38(60)43(65)44(66)47(69)49(31)73)27-26(34(56)39(61)40(62)35(27)57)28-30(48)37(59)42(64)41(63)36(28)58/h1-16H,54-69H2. The van der Waals surface area contributed by atoms with E-state index < -0.39 is 0 Å². The molecule has 0 N–H and O–H groups in total. The second kappa shape index (κ2) is 17.4. The van der Waals surface area contributed by atoms with Crippen LogP contribution in [0.25, 0.3) is 116 Å². The Labute approximate surface area is 447 Å². The summed E-state index contributed by atoms with van der Waals surface area (Å²) in [6.45, 7) is 0. The van der Waals surface area contributed by atoms with Crippen LogP contribution in [-0.4, -0.2) is 145 Å². The summed E-state index contributed by atoms with van der Waals surface area (Å²) in [6, 6.07) is 33.3. The lowest BCUT2D eigenvalue weighted by atomic mass is 9.60. The number of hydrogen-bond acceptors (Lipinski definition) is 4. The van der Waals surface area contributed by atoms with Gasteiger partial charge in [-0.15, -0.1) is 27.3 Å². The number of nitrogens with zero attached hydrogens (tertiary/aromatic N) is 4. The van der Waals surface area contributed by atoms with Crippen LogP contribution >= 0.6 is 0 Å². The van der Waals surface area contributed by atoms with Gasteiger partial charge in [-0.1, -0.05) is 139 Å². The average Bonchev–Trinajstić information content (AvgIpc) is 3.97. The van der Waals surface area contributed by atoms with Gasteiger partial charge in [-0.3, -0.25) is 0 Å². The predicted octanol–water partition coefficient (Wildman–Crippen LogP) is -14.0. The predicted molar refractivity (Wildman–Crippen MR) is 369 cm³/mol. The molecule has 21 heteroatoms. The highest BCUT2D eigenvalue weighted by Gasteiger charge is 2.30. The fourth-order valence-electron chi connectivity index (χ4n) is 12.9. The van der Waals surface area contributed by atoms with Gasteiger partial charge in [-0.2, -0.15) is 0 Å². The van der Waals surface area contributed by atoms with Crippen LogP contribution in [0.1, 0.15) is 0 Å². The molecule has 3 aromatic heterocycles. The molecule has 0 aliphatic heterocycles. The first-order chi connectivity index (χ1) is 35.4. The quantitative estimate of drug-likeness (QED) is 0.127. The van der Waals surface area contributed by atoms with Crippen molar-refractivity contribution in [1.29, 1.82) is 0 Å². The first kappa shape index (κ1) is 48.1. The zero-order chi connectivity index (χ0) is 52.1. The Morgan fingerprint density at radius 2 is 0.730 bits per heavy atom. The average molecular weight is 930 g/mol. The fraction of sp³-hybridized carbons (Fsp3) is 0. The van der Waals surface area contributed by atoms with Crippen LogP contribution < -0.4 is 87.4 Å². The first-order valence-corrected chi connectivity index (χ1v) is 26.2. The molecule has 334 valence electrons. The minimum atomic E-state index is 0.601. The number of furan rings is 1. The van der Waals surface area contributed by atoms with Crippen LogP contribution in [0.5, 0.6) is 0 Å². The zero-order valence-corrected chi connectivity index (χ0v) is 45.9. The lowest BCUT2D eigenvalue weighted by Crippen LogP contribution is -2.50. The summed E-state index contributed by atoms with van der Waals surface area (Å²) in [5.74, 6) is 1.85. The minimum absolute atomic E-state index is 0.601. The number of hydrogen-bond donors (Lipinski definition) is 0. The lowest BCUT2D eigenvalue weighted by molar-refractivity contribution is 0.669. The number of fused-ring (bicyclic) bond motifs is 11. The molecule has 0 fully saturated rings. The highest BCUT2D eigenvalue weighted by molar-refractivity contribution is 6.75. The Morgan fingerprint density at radius 3 is 1.26 bits per heavy atom. The van der Waals surface area contributed by atoms with Crippen LogP contribution in [0.2, 0.25) is 0 Å². The van der Waals surface area contributed by atoms with Gasteiger partial charge in [0.1, 0.15) is 137 Å². The summed E-state index contributed by atoms with van der Waals surface area (Å²) in [5.41, 5.74) is 31.9. The molecule has 74 heavy (non-hydrogen) atoms.